The highest BCUT2D eigenvalue weighted by Crippen LogP contribution is 2.24. The van der Waals surface area contributed by atoms with Crippen molar-refractivity contribution in [1.82, 2.24) is 4.90 Å². The van der Waals surface area contributed by atoms with Crippen LogP contribution in [0.5, 0.6) is 0 Å². The molecule has 3 rings (SSSR count). The fourth-order valence-electron chi connectivity index (χ4n) is 3.83. The van der Waals surface area contributed by atoms with Crippen molar-refractivity contribution in [2.24, 2.45) is 5.73 Å². The Hall–Kier alpha value is -1.86. The number of rotatable bonds is 4. The number of nitrogens with two attached hydrogens (primary N) is 1. The molecule has 1 aromatic rings. The van der Waals surface area contributed by atoms with E-state index < -0.39 is 0 Å². The summed E-state index contributed by atoms with van der Waals surface area (Å²) in [5.74, 6) is -0.213. The fraction of sp³-hybridized carbons (Fsp3) is 0.632. The van der Waals surface area contributed by atoms with E-state index >= 15 is 0 Å². The van der Waals surface area contributed by atoms with E-state index in [-0.39, 0.29) is 30.1 Å². The summed E-state index contributed by atoms with van der Waals surface area (Å²) in [7, 11) is 1.39. The van der Waals surface area contributed by atoms with Gasteiger partial charge in [-0.1, -0.05) is 6.07 Å². The van der Waals surface area contributed by atoms with Crippen LogP contribution in [-0.4, -0.2) is 62.5 Å². The monoisotopic (exact) mass is 365 g/mol. The van der Waals surface area contributed by atoms with E-state index in [0.29, 0.717) is 13.2 Å². The molecule has 2 heterocycles. The van der Waals surface area contributed by atoms with Crippen molar-refractivity contribution in [2.75, 3.05) is 38.3 Å². The van der Waals surface area contributed by atoms with Crippen molar-refractivity contribution in [2.45, 2.75) is 43.9 Å². The number of halogens is 1. The first-order valence-electron chi connectivity index (χ1n) is 9.30. The van der Waals surface area contributed by atoms with Gasteiger partial charge in [0.2, 0.25) is 0 Å². The number of hydrogen-bond acceptors (Lipinski definition) is 5. The zero-order valence-electron chi connectivity index (χ0n) is 15.3. The van der Waals surface area contributed by atoms with Crippen LogP contribution in [0.2, 0.25) is 0 Å². The molecular formula is C19H28FN3O3. The Kier molecular flexibility index (Phi) is 6.32. The predicted molar refractivity (Wildman–Crippen MR) is 97.7 cm³/mol. The molecule has 1 amide bonds. The molecule has 2 atom stereocenters. The van der Waals surface area contributed by atoms with E-state index in [1.165, 1.54) is 13.2 Å². The number of carbonyl (C=O) groups excluding carboxylic acids is 1. The Labute approximate surface area is 154 Å². The van der Waals surface area contributed by atoms with E-state index in [2.05, 4.69) is 4.90 Å². The maximum absolute atomic E-state index is 13.4. The number of likely N-dealkylation sites (tertiary alicyclic amines) is 1. The average molecular weight is 365 g/mol. The lowest BCUT2D eigenvalue weighted by Gasteiger charge is -2.40. The summed E-state index contributed by atoms with van der Waals surface area (Å²) < 4.78 is 24.4. The number of methoxy groups -OCH3 is 1. The molecule has 1 aromatic carbocycles. The molecule has 0 radical (unpaired) electrons. The SMILES string of the molecule is COC(=O)N1CCCC(N)C1COC1CCN(c2cccc(F)c2)CC1. The molecule has 2 unspecified atom stereocenters. The number of benzene rings is 1. The van der Waals surface area contributed by atoms with Crippen molar-refractivity contribution in [1.29, 1.82) is 0 Å². The van der Waals surface area contributed by atoms with Crippen LogP contribution in [0, 0.1) is 5.82 Å². The average Bonchev–Trinajstić information content (AvgIpc) is 2.66. The van der Waals surface area contributed by atoms with Crippen molar-refractivity contribution >= 4 is 11.8 Å². The Morgan fingerprint density at radius 1 is 1.27 bits per heavy atom. The van der Waals surface area contributed by atoms with Crippen LogP contribution in [0.4, 0.5) is 14.9 Å². The number of nitrogens with zero attached hydrogens (tertiary/aromatic N) is 2. The Bertz CT molecular complexity index is 607. The number of hydrogen-bond donors (Lipinski definition) is 1. The van der Waals surface area contributed by atoms with Gasteiger partial charge in [0.15, 0.2) is 0 Å². The molecular weight excluding hydrogens is 337 g/mol. The Morgan fingerprint density at radius 2 is 2.04 bits per heavy atom. The maximum atomic E-state index is 13.4. The van der Waals surface area contributed by atoms with Gasteiger partial charge < -0.3 is 25.0 Å². The minimum absolute atomic E-state index is 0.0877. The van der Waals surface area contributed by atoms with Crippen LogP contribution in [0.15, 0.2) is 24.3 Å². The molecule has 0 spiro atoms. The second-order valence-electron chi connectivity index (χ2n) is 7.04. The highest BCUT2D eigenvalue weighted by atomic mass is 19.1. The van der Waals surface area contributed by atoms with E-state index in [4.69, 9.17) is 15.2 Å². The predicted octanol–water partition coefficient (Wildman–Crippen LogP) is 2.37. The lowest BCUT2D eigenvalue weighted by atomic mass is 9.98. The van der Waals surface area contributed by atoms with Crippen LogP contribution in [0.3, 0.4) is 0 Å². The van der Waals surface area contributed by atoms with E-state index in [1.807, 2.05) is 6.07 Å². The van der Waals surface area contributed by atoms with Gasteiger partial charge in [-0.05, 0) is 43.9 Å². The number of anilines is 1. The molecule has 0 bridgehead atoms. The van der Waals surface area contributed by atoms with Crippen LogP contribution in [0.1, 0.15) is 25.7 Å². The number of amides is 1. The fourth-order valence-corrected chi connectivity index (χ4v) is 3.83. The van der Waals surface area contributed by atoms with Gasteiger partial charge in [0, 0.05) is 31.4 Å². The van der Waals surface area contributed by atoms with Crippen molar-refractivity contribution in [3.05, 3.63) is 30.1 Å². The third-order valence-electron chi connectivity index (χ3n) is 5.36. The molecule has 2 aliphatic rings. The molecule has 0 aromatic heterocycles. The Balaban J connectivity index is 1.50. The summed E-state index contributed by atoms with van der Waals surface area (Å²) in [6.07, 6.45) is 3.31. The van der Waals surface area contributed by atoms with Crippen molar-refractivity contribution < 1.29 is 18.7 Å². The molecule has 0 saturated carbocycles. The molecule has 6 nitrogen and oxygen atoms in total. The van der Waals surface area contributed by atoms with E-state index in [1.54, 1.807) is 17.0 Å². The number of piperidine rings is 2. The van der Waals surface area contributed by atoms with Crippen molar-refractivity contribution in [3.63, 3.8) is 0 Å². The van der Waals surface area contributed by atoms with Gasteiger partial charge in [-0.15, -0.1) is 0 Å². The van der Waals surface area contributed by atoms with Gasteiger partial charge >= 0.3 is 6.09 Å². The summed E-state index contributed by atoms with van der Waals surface area (Å²) in [5, 5.41) is 0. The lowest BCUT2D eigenvalue weighted by Crippen LogP contribution is -2.56. The molecule has 7 heteroatoms. The molecule has 2 saturated heterocycles. The van der Waals surface area contributed by atoms with Crippen molar-refractivity contribution in [3.8, 4) is 0 Å². The summed E-state index contributed by atoms with van der Waals surface area (Å²) in [6.45, 7) is 2.74. The van der Waals surface area contributed by atoms with Gasteiger partial charge in [-0.3, -0.25) is 0 Å². The molecule has 144 valence electrons. The zero-order valence-corrected chi connectivity index (χ0v) is 15.3. The minimum Gasteiger partial charge on any atom is -0.453 e. The first kappa shape index (κ1) is 18.9. The largest absolute Gasteiger partial charge is 0.453 e. The number of carbonyl (C=O) groups is 1. The van der Waals surface area contributed by atoms with Gasteiger partial charge in [0.1, 0.15) is 5.82 Å². The zero-order chi connectivity index (χ0) is 18.5. The first-order valence-corrected chi connectivity index (χ1v) is 9.30. The highest BCUT2D eigenvalue weighted by molar-refractivity contribution is 5.68. The summed E-state index contributed by atoms with van der Waals surface area (Å²) >= 11 is 0. The minimum atomic E-state index is -0.338. The van der Waals surface area contributed by atoms with Crippen LogP contribution in [0.25, 0.3) is 0 Å². The standard InChI is InChI=1S/C19H28FN3O3/c1-25-19(24)23-9-3-6-17(21)18(23)13-26-16-7-10-22(11-8-16)15-5-2-4-14(20)12-15/h2,4-5,12,16-18H,3,6-11,13,21H2,1H3. The third kappa shape index (κ3) is 4.45. The smallest absolute Gasteiger partial charge is 0.409 e. The quantitative estimate of drug-likeness (QED) is 0.887. The van der Waals surface area contributed by atoms with E-state index in [9.17, 15) is 9.18 Å². The van der Waals surface area contributed by atoms with Gasteiger partial charge in [0.25, 0.3) is 0 Å². The van der Waals surface area contributed by atoms with Gasteiger partial charge in [-0.2, -0.15) is 0 Å². The Morgan fingerprint density at radius 3 is 2.73 bits per heavy atom. The van der Waals surface area contributed by atoms with Gasteiger partial charge in [-0.25, -0.2) is 9.18 Å². The number of ether oxygens (including phenoxy) is 2. The highest BCUT2D eigenvalue weighted by Gasteiger charge is 2.34. The second kappa shape index (κ2) is 8.68. The second-order valence-corrected chi connectivity index (χ2v) is 7.04. The third-order valence-corrected chi connectivity index (χ3v) is 5.36. The lowest BCUT2D eigenvalue weighted by molar-refractivity contribution is -0.0163. The summed E-state index contributed by atoms with van der Waals surface area (Å²) in [6, 6.07) is 6.46. The van der Waals surface area contributed by atoms with Crippen LogP contribution in [-0.2, 0) is 9.47 Å². The molecule has 0 aliphatic carbocycles. The van der Waals surface area contributed by atoms with Gasteiger partial charge in [0.05, 0.1) is 25.9 Å². The molecule has 2 N–H and O–H groups in total. The van der Waals surface area contributed by atoms with Crippen LogP contribution < -0.4 is 10.6 Å². The molecule has 2 aliphatic heterocycles. The normalized spacial score (nSPS) is 24.6. The summed E-state index contributed by atoms with van der Waals surface area (Å²) in [4.78, 5) is 15.8. The summed E-state index contributed by atoms with van der Waals surface area (Å²) in [5.41, 5.74) is 7.13. The van der Waals surface area contributed by atoms with E-state index in [0.717, 1.165) is 44.5 Å². The first-order chi connectivity index (χ1) is 12.6. The molecule has 26 heavy (non-hydrogen) atoms. The topological polar surface area (TPSA) is 68.0 Å². The molecule has 2 fully saturated rings. The van der Waals surface area contributed by atoms with Crippen LogP contribution >= 0.6 is 0 Å². The maximum Gasteiger partial charge on any atom is 0.409 e.